The fourth-order valence-corrected chi connectivity index (χ4v) is 4.14. The lowest BCUT2D eigenvalue weighted by molar-refractivity contribution is -0.132. The van der Waals surface area contributed by atoms with E-state index in [0.29, 0.717) is 18.4 Å². The number of hydrogen-bond acceptors (Lipinski definition) is 1. The van der Waals surface area contributed by atoms with Gasteiger partial charge in [-0.3, -0.25) is 4.79 Å². The Hall–Kier alpha value is -1.77. The van der Waals surface area contributed by atoms with E-state index in [0.717, 1.165) is 25.3 Å². The minimum absolute atomic E-state index is 0.377. The molecule has 21 heavy (non-hydrogen) atoms. The van der Waals surface area contributed by atoms with Gasteiger partial charge in [0.1, 0.15) is 0 Å². The van der Waals surface area contributed by atoms with E-state index in [1.54, 1.807) is 0 Å². The molecule has 110 valence electrons. The zero-order chi connectivity index (χ0) is 14.2. The molecule has 2 fully saturated rings. The van der Waals surface area contributed by atoms with E-state index in [2.05, 4.69) is 40.3 Å². The highest BCUT2D eigenvalue weighted by molar-refractivity contribution is 5.83. The number of benzene rings is 1. The topological polar surface area (TPSA) is 36.1 Å². The number of nitrogens with one attached hydrogen (secondary N) is 1. The summed E-state index contributed by atoms with van der Waals surface area (Å²) in [5.41, 5.74) is 2.53. The number of aryl methyl sites for hydroxylation is 1. The molecule has 2 heterocycles. The number of likely N-dealkylation sites (tertiary alicyclic amines) is 1. The van der Waals surface area contributed by atoms with Crippen molar-refractivity contribution in [3.05, 3.63) is 36.0 Å². The van der Waals surface area contributed by atoms with Crippen molar-refractivity contribution >= 4 is 16.8 Å². The molecular weight excluding hydrogens is 260 g/mol. The molecule has 3 heteroatoms. The van der Waals surface area contributed by atoms with Crippen LogP contribution < -0.4 is 0 Å². The monoisotopic (exact) mass is 282 g/mol. The van der Waals surface area contributed by atoms with Crippen molar-refractivity contribution in [2.24, 2.45) is 5.92 Å². The van der Waals surface area contributed by atoms with Crippen LogP contribution >= 0.6 is 0 Å². The summed E-state index contributed by atoms with van der Waals surface area (Å²) in [4.78, 5) is 17.8. The second kappa shape index (κ2) is 5.21. The Morgan fingerprint density at radius 2 is 2.19 bits per heavy atom. The summed E-state index contributed by atoms with van der Waals surface area (Å²) < 4.78 is 0. The number of fused-ring (bicyclic) bond motifs is 3. The molecule has 1 saturated heterocycles. The van der Waals surface area contributed by atoms with Crippen molar-refractivity contribution in [2.75, 3.05) is 6.54 Å². The van der Waals surface area contributed by atoms with Gasteiger partial charge in [-0.1, -0.05) is 18.2 Å². The smallest absolute Gasteiger partial charge is 0.222 e. The fourth-order valence-electron chi connectivity index (χ4n) is 4.14. The minimum atomic E-state index is 0.377. The summed E-state index contributed by atoms with van der Waals surface area (Å²) in [5, 5.41) is 1.30. The van der Waals surface area contributed by atoms with Crippen LogP contribution in [-0.2, 0) is 11.2 Å². The first-order chi connectivity index (χ1) is 10.3. The van der Waals surface area contributed by atoms with Gasteiger partial charge in [0.15, 0.2) is 0 Å². The van der Waals surface area contributed by atoms with Crippen molar-refractivity contribution in [3.63, 3.8) is 0 Å². The van der Waals surface area contributed by atoms with Gasteiger partial charge in [0.05, 0.1) is 0 Å². The molecule has 1 aliphatic carbocycles. The molecule has 0 radical (unpaired) electrons. The second-order valence-corrected chi connectivity index (χ2v) is 6.59. The van der Waals surface area contributed by atoms with Gasteiger partial charge in [-0.05, 0) is 49.7 Å². The quantitative estimate of drug-likeness (QED) is 0.915. The molecular formula is C18H22N2O. The van der Waals surface area contributed by atoms with Gasteiger partial charge in [-0.15, -0.1) is 0 Å². The number of amides is 1. The number of aromatic amines is 1. The Bertz CT molecular complexity index is 660. The van der Waals surface area contributed by atoms with E-state index in [9.17, 15) is 4.79 Å². The maximum Gasteiger partial charge on any atom is 0.222 e. The number of H-pyrrole nitrogens is 1. The highest BCUT2D eigenvalue weighted by atomic mass is 16.2. The van der Waals surface area contributed by atoms with Gasteiger partial charge >= 0.3 is 0 Å². The average molecular weight is 282 g/mol. The highest BCUT2D eigenvalue weighted by Gasteiger charge is 2.39. The lowest BCUT2D eigenvalue weighted by atomic mass is 10.1. The van der Waals surface area contributed by atoms with Gasteiger partial charge in [-0.25, -0.2) is 0 Å². The van der Waals surface area contributed by atoms with Crippen molar-refractivity contribution in [3.8, 4) is 0 Å². The third-order valence-corrected chi connectivity index (χ3v) is 5.24. The predicted octanol–water partition coefficient (Wildman–Crippen LogP) is 3.50. The molecule has 1 aromatic carbocycles. The summed E-state index contributed by atoms with van der Waals surface area (Å²) in [6, 6.07) is 8.95. The molecule has 1 saturated carbocycles. The number of carbonyl (C=O) groups excluding carboxylic acids is 1. The van der Waals surface area contributed by atoms with E-state index < -0.39 is 0 Å². The lowest BCUT2D eigenvalue weighted by Gasteiger charge is -2.27. The molecule has 2 bridgehead atoms. The first-order valence-electron chi connectivity index (χ1n) is 8.16. The maximum atomic E-state index is 12.3. The van der Waals surface area contributed by atoms with E-state index in [1.165, 1.54) is 35.7 Å². The Balaban J connectivity index is 1.34. The van der Waals surface area contributed by atoms with Crippen LogP contribution in [0.3, 0.4) is 0 Å². The van der Waals surface area contributed by atoms with Gasteiger partial charge < -0.3 is 9.88 Å². The van der Waals surface area contributed by atoms with Gasteiger partial charge in [0, 0.05) is 36.1 Å². The molecule has 2 aromatic rings. The molecule has 1 aromatic heterocycles. The van der Waals surface area contributed by atoms with Gasteiger partial charge in [0.25, 0.3) is 0 Å². The van der Waals surface area contributed by atoms with Crippen LogP contribution in [0.15, 0.2) is 30.5 Å². The number of rotatable bonds is 4. The predicted molar refractivity (Wildman–Crippen MR) is 84.1 cm³/mol. The van der Waals surface area contributed by atoms with Crippen LogP contribution in [0.1, 0.15) is 37.7 Å². The van der Waals surface area contributed by atoms with Crippen LogP contribution in [-0.4, -0.2) is 28.4 Å². The molecule has 2 atom stereocenters. The Morgan fingerprint density at radius 3 is 3.00 bits per heavy atom. The zero-order valence-electron chi connectivity index (χ0n) is 12.3. The molecule has 2 aliphatic rings. The maximum absolute atomic E-state index is 12.3. The minimum Gasteiger partial charge on any atom is -0.361 e. The Labute approximate surface area is 125 Å². The number of aromatic nitrogens is 1. The van der Waals surface area contributed by atoms with Crippen molar-refractivity contribution in [1.29, 1.82) is 0 Å². The van der Waals surface area contributed by atoms with Crippen LogP contribution in [0, 0.1) is 5.92 Å². The van der Waals surface area contributed by atoms with Gasteiger partial charge in [0.2, 0.25) is 5.91 Å². The van der Waals surface area contributed by atoms with Crippen molar-refractivity contribution in [1.82, 2.24) is 9.88 Å². The Kier molecular flexibility index (Phi) is 3.21. The number of piperidine rings is 1. The highest BCUT2D eigenvalue weighted by Crippen LogP contribution is 2.37. The molecule has 1 N–H and O–H groups in total. The van der Waals surface area contributed by atoms with Crippen LogP contribution in [0.25, 0.3) is 10.9 Å². The number of hydrogen-bond donors (Lipinski definition) is 1. The standard InChI is InChI=1S/C18H22N2O/c21-18(20-12-13-8-9-15(20)10-13)7-3-4-14-11-19-17-6-2-1-5-16(14)17/h1-2,5-6,11,13,15,19H,3-4,7-10,12H2. The first-order valence-corrected chi connectivity index (χ1v) is 8.16. The van der Waals surface area contributed by atoms with E-state index in [4.69, 9.17) is 0 Å². The van der Waals surface area contributed by atoms with Crippen LogP contribution in [0.4, 0.5) is 0 Å². The Morgan fingerprint density at radius 1 is 1.29 bits per heavy atom. The summed E-state index contributed by atoms with van der Waals surface area (Å²) in [5.74, 6) is 1.18. The van der Waals surface area contributed by atoms with E-state index in [-0.39, 0.29) is 0 Å². The zero-order valence-corrected chi connectivity index (χ0v) is 12.3. The molecule has 4 rings (SSSR count). The number of nitrogens with zero attached hydrogens (tertiary/aromatic N) is 1. The number of carbonyl (C=O) groups is 1. The summed E-state index contributed by atoms with van der Waals surface area (Å²) in [6.07, 6.45) is 8.55. The van der Waals surface area contributed by atoms with E-state index in [1.807, 2.05) is 0 Å². The lowest BCUT2D eigenvalue weighted by Crippen LogP contribution is -2.37. The first kappa shape index (κ1) is 12.9. The number of para-hydroxylation sites is 1. The third kappa shape index (κ3) is 2.35. The van der Waals surface area contributed by atoms with Crippen molar-refractivity contribution in [2.45, 2.75) is 44.6 Å². The normalized spacial score (nSPS) is 24.1. The van der Waals surface area contributed by atoms with Gasteiger partial charge in [-0.2, -0.15) is 0 Å². The summed E-state index contributed by atoms with van der Waals surface area (Å²) in [7, 11) is 0. The van der Waals surface area contributed by atoms with Crippen LogP contribution in [0.5, 0.6) is 0 Å². The van der Waals surface area contributed by atoms with Crippen LogP contribution in [0.2, 0.25) is 0 Å². The fraction of sp³-hybridized carbons (Fsp3) is 0.500. The molecule has 1 aliphatic heterocycles. The molecule has 0 spiro atoms. The van der Waals surface area contributed by atoms with E-state index >= 15 is 0 Å². The van der Waals surface area contributed by atoms with Crippen molar-refractivity contribution < 1.29 is 4.79 Å². The average Bonchev–Trinajstić information content (AvgIpc) is 3.22. The second-order valence-electron chi connectivity index (χ2n) is 6.59. The molecule has 3 nitrogen and oxygen atoms in total. The largest absolute Gasteiger partial charge is 0.361 e. The summed E-state index contributed by atoms with van der Waals surface area (Å²) in [6.45, 7) is 1.02. The molecule has 1 amide bonds. The summed E-state index contributed by atoms with van der Waals surface area (Å²) >= 11 is 0. The molecule has 2 unspecified atom stereocenters. The third-order valence-electron chi connectivity index (χ3n) is 5.24. The SMILES string of the molecule is O=C(CCCc1c[nH]c2ccccc12)N1CC2CCC1C2.